The van der Waals surface area contributed by atoms with Crippen LogP contribution in [0.3, 0.4) is 0 Å². The lowest BCUT2D eigenvalue weighted by molar-refractivity contribution is 0.185. The second kappa shape index (κ2) is 9.23. The van der Waals surface area contributed by atoms with Crippen molar-refractivity contribution >= 4 is 11.7 Å². The number of carbonyl (C=O) groups excluding carboxylic acids is 1. The van der Waals surface area contributed by atoms with Crippen LogP contribution in [0.4, 0.5) is 10.5 Å². The number of hydrogen-bond acceptors (Lipinski definition) is 2. The molecule has 0 aromatic heterocycles. The maximum Gasteiger partial charge on any atom is 0.319 e. The van der Waals surface area contributed by atoms with Crippen LogP contribution in [0.2, 0.25) is 0 Å². The molecule has 25 heavy (non-hydrogen) atoms. The second-order valence-corrected chi connectivity index (χ2v) is 7.80. The smallest absolute Gasteiger partial charge is 0.319 e. The van der Waals surface area contributed by atoms with Crippen LogP contribution in [0, 0.1) is 0 Å². The Labute approximate surface area is 152 Å². The molecule has 1 aromatic rings. The van der Waals surface area contributed by atoms with Gasteiger partial charge in [-0.15, -0.1) is 0 Å². The molecule has 2 amide bonds. The lowest BCUT2D eigenvalue weighted by Crippen LogP contribution is -2.39. The zero-order valence-electron chi connectivity index (χ0n) is 15.6. The lowest BCUT2D eigenvalue weighted by Gasteiger charge is -2.31. The van der Waals surface area contributed by atoms with Crippen molar-refractivity contribution in [1.82, 2.24) is 10.2 Å². The fraction of sp³-hybridized carbons (Fsp3) is 0.667. The largest absolute Gasteiger partial charge is 0.335 e. The van der Waals surface area contributed by atoms with Crippen molar-refractivity contribution < 1.29 is 4.79 Å². The van der Waals surface area contributed by atoms with E-state index in [0.717, 1.165) is 25.1 Å². The topological polar surface area (TPSA) is 44.4 Å². The standard InChI is InChI=1S/C21H33N3O/c1-24(19-13-6-3-7-14-19)16-17-10-8-9-15-20(17)23-21(25)22-18-11-4-2-5-12-18/h8-10,15,18-19H,2-7,11-14,16H2,1H3,(H2,22,23,25). The molecule has 0 aliphatic heterocycles. The molecule has 138 valence electrons. The van der Waals surface area contributed by atoms with E-state index in [0.29, 0.717) is 12.1 Å². The third-order valence-corrected chi connectivity index (χ3v) is 5.82. The number of amides is 2. The molecule has 3 rings (SSSR count). The summed E-state index contributed by atoms with van der Waals surface area (Å²) in [6, 6.07) is 9.18. The second-order valence-electron chi connectivity index (χ2n) is 7.80. The highest BCUT2D eigenvalue weighted by atomic mass is 16.2. The van der Waals surface area contributed by atoms with Gasteiger partial charge in [0.1, 0.15) is 0 Å². The van der Waals surface area contributed by atoms with Crippen LogP contribution in [0.25, 0.3) is 0 Å². The summed E-state index contributed by atoms with van der Waals surface area (Å²) in [6.45, 7) is 0.893. The van der Waals surface area contributed by atoms with Gasteiger partial charge in [0.05, 0.1) is 0 Å². The Bertz CT molecular complexity index is 548. The van der Waals surface area contributed by atoms with Crippen molar-refractivity contribution in [2.75, 3.05) is 12.4 Å². The summed E-state index contributed by atoms with van der Waals surface area (Å²) in [4.78, 5) is 14.8. The highest BCUT2D eigenvalue weighted by Crippen LogP contribution is 2.25. The van der Waals surface area contributed by atoms with E-state index in [2.05, 4.69) is 34.7 Å². The number of para-hydroxylation sites is 1. The normalized spacial score (nSPS) is 19.8. The van der Waals surface area contributed by atoms with Gasteiger partial charge in [0.15, 0.2) is 0 Å². The Morgan fingerprint density at radius 3 is 2.36 bits per heavy atom. The highest BCUT2D eigenvalue weighted by Gasteiger charge is 2.20. The van der Waals surface area contributed by atoms with E-state index in [1.807, 2.05) is 12.1 Å². The van der Waals surface area contributed by atoms with Crippen molar-refractivity contribution in [1.29, 1.82) is 0 Å². The SMILES string of the molecule is CN(Cc1ccccc1NC(=O)NC1CCCCC1)C1CCCCC1. The fourth-order valence-corrected chi connectivity index (χ4v) is 4.29. The predicted molar refractivity (Wildman–Crippen MR) is 104 cm³/mol. The van der Waals surface area contributed by atoms with Crippen molar-refractivity contribution in [3.8, 4) is 0 Å². The summed E-state index contributed by atoms with van der Waals surface area (Å²) in [6.07, 6.45) is 12.7. The van der Waals surface area contributed by atoms with E-state index in [-0.39, 0.29) is 6.03 Å². The molecule has 2 saturated carbocycles. The van der Waals surface area contributed by atoms with E-state index in [9.17, 15) is 4.79 Å². The summed E-state index contributed by atoms with van der Waals surface area (Å²) >= 11 is 0. The first-order valence-electron chi connectivity index (χ1n) is 10.1. The molecule has 0 saturated heterocycles. The molecule has 0 heterocycles. The number of anilines is 1. The first-order valence-corrected chi connectivity index (χ1v) is 10.1. The van der Waals surface area contributed by atoms with Gasteiger partial charge in [-0.05, 0) is 44.4 Å². The molecule has 0 atom stereocenters. The third-order valence-electron chi connectivity index (χ3n) is 5.82. The summed E-state index contributed by atoms with van der Waals surface area (Å²) in [5, 5.41) is 6.24. The van der Waals surface area contributed by atoms with Gasteiger partial charge < -0.3 is 10.6 Å². The van der Waals surface area contributed by atoms with Gasteiger partial charge in [0, 0.05) is 24.3 Å². The van der Waals surface area contributed by atoms with Gasteiger partial charge in [-0.25, -0.2) is 4.79 Å². The Kier molecular flexibility index (Phi) is 6.74. The molecule has 0 spiro atoms. The van der Waals surface area contributed by atoms with Gasteiger partial charge in [-0.2, -0.15) is 0 Å². The highest BCUT2D eigenvalue weighted by molar-refractivity contribution is 5.90. The molecule has 2 aliphatic carbocycles. The lowest BCUT2D eigenvalue weighted by atomic mass is 9.94. The summed E-state index contributed by atoms with van der Waals surface area (Å²) < 4.78 is 0. The molecule has 4 nitrogen and oxygen atoms in total. The summed E-state index contributed by atoms with van der Waals surface area (Å²) in [5.41, 5.74) is 2.15. The van der Waals surface area contributed by atoms with E-state index in [1.165, 1.54) is 56.9 Å². The number of carbonyl (C=O) groups is 1. The number of nitrogens with one attached hydrogen (secondary N) is 2. The molecule has 1 aromatic carbocycles. The first-order chi connectivity index (χ1) is 12.2. The number of benzene rings is 1. The Morgan fingerprint density at radius 2 is 1.64 bits per heavy atom. The molecule has 0 unspecified atom stereocenters. The van der Waals surface area contributed by atoms with Gasteiger partial charge in [-0.1, -0.05) is 56.7 Å². The average Bonchev–Trinajstić information content (AvgIpc) is 2.65. The minimum absolute atomic E-state index is 0.0559. The zero-order chi connectivity index (χ0) is 17.5. The molecular formula is C21H33N3O. The van der Waals surface area contributed by atoms with Crippen LogP contribution in [-0.4, -0.2) is 30.1 Å². The van der Waals surface area contributed by atoms with E-state index >= 15 is 0 Å². The summed E-state index contributed by atoms with van der Waals surface area (Å²) in [5.74, 6) is 0. The predicted octanol–water partition coefficient (Wildman–Crippen LogP) is 4.91. The maximum atomic E-state index is 12.4. The number of nitrogens with zero attached hydrogens (tertiary/aromatic N) is 1. The van der Waals surface area contributed by atoms with E-state index in [4.69, 9.17) is 0 Å². The molecule has 2 N–H and O–H groups in total. The van der Waals surface area contributed by atoms with Crippen LogP contribution >= 0.6 is 0 Å². The van der Waals surface area contributed by atoms with Crippen molar-refractivity contribution in [3.63, 3.8) is 0 Å². The molecule has 4 heteroatoms. The fourth-order valence-electron chi connectivity index (χ4n) is 4.29. The molecule has 0 bridgehead atoms. The first kappa shape index (κ1) is 18.2. The van der Waals surface area contributed by atoms with E-state index < -0.39 is 0 Å². The van der Waals surface area contributed by atoms with Crippen LogP contribution in [0.1, 0.15) is 69.8 Å². The minimum atomic E-state index is -0.0559. The third kappa shape index (κ3) is 5.46. The van der Waals surface area contributed by atoms with E-state index in [1.54, 1.807) is 0 Å². The van der Waals surface area contributed by atoms with Crippen molar-refractivity contribution in [2.45, 2.75) is 82.8 Å². The molecular weight excluding hydrogens is 310 g/mol. The summed E-state index contributed by atoms with van der Waals surface area (Å²) in [7, 11) is 2.22. The average molecular weight is 344 g/mol. The number of hydrogen-bond donors (Lipinski definition) is 2. The van der Waals surface area contributed by atoms with Gasteiger partial charge in [0.2, 0.25) is 0 Å². The maximum absolute atomic E-state index is 12.4. The monoisotopic (exact) mass is 343 g/mol. The van der Waals surface area contributed by atoms with Crippen LogP contribution in [-0.2, 0) is 6.54 Å². The number of rotatable bonds is 5. The van der Waals surface area contributed by atoms with Gasteiger partial charge in [-0.3, -0.25) is 4.90 Å². The Hall–Kier alpha value is -1.55. The number of urea groups is 1. The van der Waals surface area contributed by atoms with Crippen molar-refractivity contribution in [3.05, 3.63) is 29.8 Å². The van der Waals surface area contributed by atoms with Crippen LogP contribution in [0.15, 0.2) is 24.3 Å². The Balaban J connectivity index is 1.57. The Morgan fingerprint density at radius 1 is 1.00 bits per heavy atom. The van der Waals surface area contributed by atoms with Crippen LogP contribution in [0.5, 0.6) is 0 Å². The molecule has 2 fully saturated rings. The van der Waals surface area contributed by atoms with Gasteiger partial charge in [0.25, 0.3) is 0 Å². The zero-order valence-corrected chi connectivity index (χ0v) is 15.6. The minimum Gasteiger partial charge on any atom is -0.335 e. The molecule has 0 radical (unpaired) electrons. The van der Waals surface area contributed by atoms with Crippen LogP contribution < -0.4 is 10.6 Å². The van der Waals surface area contributed by atoms with Crippen molar-refractivity contribution in [2.24, 2.45) is 0 Å². The quantitative estimate of drug-likeness (QED) is 0.798. The van der Waals surface area contributed by atoms with Gasteiger partial charge >= 0.3 is 6.03 Å². The molecule has 2 aliphatic rings.